The number of carboxylic acid groups (broad SMARTS) is 2. The first-order valence-corrected chi connectivity index (χ1v) is 12.8. The third kappa shape index (κ3) is 3.76. The highest BCUT2D eigenvalue weighted by atomic mass is 16.4. The summed E-state index contributed by atoms with van der Waals surface area (Å²) in [5.74, 6) is -1.91. The Morgan fingerprint density at radius 3 is 1.23 bits per heavy atom. The second-order valence-electron chi connectivity index (χ2n) is 9.84. The summed E-state index contributed by atoms with van der Waals surface area (Å²) >= 11 is 0. The highest BCUT2D eigenvalue weighted by Crippen LogP contribution is 2.39. The molecule has 6 aromatic carbocycles. The third-order valence-electron chi connectivity index (χ3n) is 7.51. The summed E-state index contributed by atoms with van der Waals surface area (Å²) in [4.78, 5) is 28.0. The molecular weight excluding hydrogens is 498 g/mol. The molecule has 0 atom stereocenters. The van der Waals surface area contributed by atoms with E-state index in [1.54, 1.807) is 24.3 Å². The molecule has 0 aliphatic heterocycles. The number of pyridine rings is 1. The molecule has 5 nitrogen and oxygen atoms in total. The monoisotopic (exact) mass is 519 g/mol. The summed E-state index contributed by atoms with van der Waals surface area (Å²) < 4.78 is 0. The third-order valence-corrected chi connectivity index (χ3v) is 7.51. The van der Waals surface area contributed by atoms with Crippen molar-refractivity contribution in [1.82, 2.24) is 4.98 Å². The molecule has 0 aliphatic carbocycles. The van der Waals surface area contributed by atoms with Crippen LogP contribution in [0, 0.1) is 0 Å². The molecule has 0 bridgehead atoms. The summed E-state index contributed by atoms with van der Waals surface area (Å²) in [6.45, 7) is 0. The minimum Gasteiger partial charge on any atom is -0.478 e. The molecule has 7 rings (SSSR count). The first kappa shape index (κ1) is 23.6. The maximum atomic E-state index is 11.4. The van der Waals surface area contributed by atoms with E-state index in [-0.39, 0.29) is 11.1 Å². The highest BCUT2D eigenvalue weighted by Gasteiger charge is 2.15. The van der Waals surface area contributed by atoms with E-state index in [2.05, 4.69) is 42.5 Å². The van der Waals surface area contributed by atoms with Crippen LogP contribution in [0.15, 0.2) is 115 Å². The van der Waals surface area contributed by atoms with Crippen molar-refractivity contribution < 1.29 is 19.8 Å². The van der Waals surface area contributed by atoms with Gasteiger partial charge >= 0.3 is 11.9 Å². The molecule has 0 radical (unpaired) electrons. The molecule has 1 aromatic heterocycles. The zero-order valence-corrected chi connectivity index (χ0v) is 21.1. The van der Waals surface area contributed by atoms with Crippen molar-refractivity contribution in [2.75, 3.05) is 0 Å². The average molecular weight is 520 g/mol. The Hall–Kier alpha value is -5.55. The first-order chi connectivity index (χ1) is 19.5. The Morgan fingerprint density at radius 2 is 0.850 bits per heavy atom. The molecule has 2 N–H and O–H groups in total. The van der Waals surface area contributed by atoms with Crippen LogP contribution in [-0.4, -0.2) is 27.1 Å². The topological polar surface area (TPSA) is 87.5 Å². The van der Waals surface area contributed by atoms with E-state index in [1.807, 2.05) is 48.5 Å². The van der Waals surface area contributed by atoms with Gasteiger partial charge in [-0.2, -0.15) is 0 Å². The van der Waals surface area contributed by atoms with Crippen LogP contribution in [0.2, 0.25) is 0 Å². The van der Waals surface area contributed by atoms with Gasteiger partial charge in [0.15, 0.2) is 0 Å². The van der Waals surface area contributed by atoms with E-state index in [1.165, 1.54) is 0 Å². The second-order valence-corrected chi connectivity index (χ2v) is 9.84. The lowest BCUT2D eigenvalue weighted by molar-refractivity contribution is 0.0686. The molecule has 40 heavy (non-hydrogen) atoms. The quantitative estimate of drug-likeness (QED) is 0.180. The maximum absolute atomic E-state index is 11.4. The van der Waals surface area contributed by atoms with Gasteiger partial charge < -0.3 is 10.2 Å². The normalized spacial score (nSPS) is 11.4. The Kier molecular flexibility index (Phi) is 5.32. The molecule has 0 aliphatic rings. The number of carboxylic acids is 2. The van der Waals surface area contributed by atoms with Gasteiger partial charge in [-0.15, -0.1) is 0 Å². The van der Waals surface area contributed by atoms with Crippen LogP contribution >= 0.6 is 0 Å². The molecular formula is C35H21NO4. The molecule has 190 valence electrons. The molecule has 0 unspecified atom stereocenters. The Balaban J connectivity index is 1.52. The molecule has 0 amide bonds. The fourth-order valence-corrected chi connectivity index (χ4v) is 5.57. The Morgan fingerprint density at radius 1 is 0.475 bits per heavy atom. The van der Waals surface area contributed by atoms with Crippen LogP contribution in [0.1, 0.15) is 20.7 Å². The number of nitrogens with zero attached hydrogens (tertiary/aromatic N) is 1. The molecule has 0 saturated heterocycles. The van der Waals surface area contributed by atoms with Crippen molar-refractivity contribution in [2.45, 2.75) is 0 Å². The van der Waals surface area contributed by atoms with Gasteiger partial charge in [-0.25, -0.2) is 14.6 Å². The van der Waals surface area contributed by atoms with Gasteiger partial charge in [0.2, 0.25) is 0 Å². The van der Waals surface area contributed by atoms with Crippen LogP contribution in [0.5, 0.6) is 0 Å². The van der Waals surface area contributed by atoms with Gasteiger partial charge in [-0.05, 0) is 75.5 Å². The predicted molar refractivity (Wildman–Crippen MR) is 159 cm³/mol. The SMILES string of the molecule is O=C(O)c1ccc(-c2cc3cc4cc(-c5ccc(C(=O)O)cc5)c5ccccc5c4nc3c3ccccc23)cc1. The van der Waals surface area contributed by atoms with Crippen molar-refractivity contribution >= 4 is 55.3 Å². The van der Waals surface area contributed by atoms with Crippen LogP contribution < -0.4 is 0 Å². The van der Waals surface area contributed by atoms with Crippen LogP contribution in [0.3, 0.4) is 0 Å². The highest BCUT2D eigenvalue weighted by molar-refractivity contribution is 6.19. The fourth-order valence-electron chi connectivity index (χ4n) is 5.57. The van der Waals surface area contributed by atoms with Crippen molar-refractivity contribution in [2.24, 2.45) is 0 Å². The van der Waals surface area contributed by atoms with Gasteiger partial charge in [0, 0.05) is 21.5 Å². The minimum atomic E-state index is -0.953. The molecule has 0 spiro atoms. The standard InChI is InChI=1S/C35H21NO4/c37-34(38)22-13-9-20(10-14-22)30-18-24-17-25-19-31(21-11-15-23(16-12-21)35(39)40)27-6-2-4-8-29(27)33(25)36-32(24)28-7-3-1-5-26(28)30/h1-19H,(H,37,38)(H,39,40). The number of fused-ring (bicyclic) bond motifs is 6. The summed E-state index contributed by atoms with van der Waals surface area (Å²) in [6, 6.07) is 36.6. The number of rotatable bonds is 4. The van der Waals surface area contributed by atoms with E-state index in [0.717, 1.165) is 65.6 Å². The first-order valence-electron chi connectivity index (χ1n) is 12.8. The van der Waals surface area contributed by atoms with Crippen molar-refractivity contribution in [3.05, 3.63) is 126 Å². The van der Waals surface area contributed by atoms with Gasteiger partial charge in [0.1, 0.15) is 0 Å². The molecule has 7 aromatic rings. The van der Waals surface area contributed by atoms with Crippen molar-refractivity contribution in [1.29, 1.82) is 0 Å². The van der Waals surface area contributed by atoms with Crippen molar-refractivity contribution in [3.8, 4) is 22.3 Å². The lowest BCUT2D eigenvalue weighted by Gasteiger charge is -2.14. The number of hydrogen-bond acceptors (Lipinski definition) is 3. The predicted octanol–water partition coefficient (Wildman–Crippen LogP) is 8.42. The largest absolute Gasteiger partial charge is 0.478 e. The van der Waals surface area contributed by atoms with Gasteiger partial charge in [-0.3, -0.25) is 0 Å². The van der Waals surface area contributed by atoms with E-state index in [9.17, 15) is 19.8 Å². The number of hydrogen-bond donors (Lipinski definition) is 2. The molecule has 0 saturated carbocycles. The smallest absolute Gasteiger partial charge is 0.335 e. The summed E-state index contributed by atoms with van der Waals surface area (Å²) in [6.07, 6.45) is 0. The lowest BCUT2D eigenvalue weighted by atomic mass is 9.92. The van der Waals surface area contributed by atoms with E-state index >= 15 is 0 Å². The summed E-state index contributed by atoms with van der Waals surface area (Å²) in [5, 5.41) is 24.8. The summed E-state index contributed by atoms with van der Waals surface area (Å²) in [5.41, 5.74) is 6.17. The average Bonchev–Trinajstić information content (AvgIpc) is 2.99. The zero-order valence-electron chi connectivity index (χ0n) is 21.1. The molecule has 5 heteroatoms. The van der Waals surface area contributed by atoms with E-state index < -0.39 is 11.9 Å². The van der Waals surface area contributed by atoms with Crippen molar-refractivity contribution in [3.63, 3.8) is 0 Å². The van der Waals surface area contributed by atoms with Gasteiger partial charge in [0.05, 0.1) is 22.2 Å². The fraction of sp³-hybridized carbons (Fsp3) is 0. The zero-order chi connectivity index (χ0) is 27.4. The van der Waals surface area contributed by atoms with E-state index in [0.29, 0.717) is 0 Å². The number of aromatic carboxylic acids is 2. The summed E-state index contributed by atoms with van der Waals surface area (Å²) in [7, 11) is 0. The maximum Gasteiger partial charge on any atom is 0.335 e. The Bertz CT molecular complexity index is 1990. The minimum absolute atomic E-state index is 0.248. The van der Waals surface area contributed by atoms with Gasteiger partial charge in [-0.1, -0.05) is 72.8 Å². The Labute approximate surface area is 228 Å². The van der Waals surface area contributed by atoms with Crippen LogP contribution in [0.25, 0.3) is 65.6 Å². The van der Waals surface area contributed by atoms with Crippen LogP contribution in [-0.2, 0) is 0 Å². The number of aromatic nitrogens is 1. The van der Waals surface area contributed by atoms with Gasteiger partial charge in [0.25, 0.3) is 0 Å². The van der Waals surface area contributed by atoms with E-state index in [4.69, 9.17) is 4.98 Å². The van der Waals surface area contributed by atoms with Crippen LogP contribution in [0.4, 0.5) is 0 Å². The molecule has 1 heterocycles. The number of benzene rings is 6. The second kappa shape index (κ2) is 9.03. The number of carbonyl (C=O) groups is 2. The lowest BCUT2D eigenvalue weighted by Crippen LogP contribution is -1.95. The molecule has 0 fully saturated rings.